The first-order valence-electron chi connectivity index (χ1n) is 4.59. The van der Waals surface area contributed by atoms with Gasteiger partial charge in [0.05, 0.1) is 11.0 Å². The summed E-state index contributed by atoms with van der Waals surface area (Å²) in [7, 11) is -2.92. The number of hydrogen-bond acceptors (Lipinski definition) is 3. The largest absolute Gasteiger partial charge is 0.317 e. The molecule has 0 saturated carbocycles. The first-order chi connectivity index (χ1) is 6.02. The smallest absolute Gasteiger partial charge is 0.157 e. The van der Waals surface area contributed by atoms with Gasteiger partial charge < -0.3 is 5.32 Å². The summed E-state index contributed by atoms with van der Waals surface area (Å²) >= 11 is 0. The zero-order chi connectivity index (χ0) is 9.90. The molecule has 0 aromatic carbocycles. The summed E-state index contributed by atoms with van der Waals surface area (Å²) < 4.78 is 23.4. The van der Waals surface area contributed by atoms with E-state index in [1.807, 2.05) is 0 Å². The highest BCUT2D eigenvalue weighted by molar-refractivity contribution is 7.92. The van der Waals surface area contributed by atoms with Gasteiger partial charge in [-0.2, -0.15) is 0 Å². The highest BCUT2D eigenvalue weighted by Gasteiger charge is 2.26. The van der Waals surface area contributed by atoms with Crippen LogP contribution < -0.4 is 5.32 Å². The number of piperidine rings is 1. The maximum atomic E-state index is 11.7. The van der Waals surface area contributed by atoms with Crippen LogP contribution in [0, 0.1) is 0 Å². The van der Waals surface area contributed by atoms with Crippen molar-refractivity contribution in [2.24, 2.45) is 0 Å². The van der Waals surface area contributed by atoms with Gasteiger partial charge in [-0.05, 0) is 32.9 Å². The Balaban J connectivity index is 2.62. The van der Waals surface area contributed by atoms with Crippen molar-refractivity contribution in [3.63, 3.8) is 0 Å². The molecule has 1 fully saturated rings. The van der Waals surface area contributed by atoms with E-state index in [0.29, 0.717) is 0 Å². The molecule has 1 N–H and O–H groups in total. The van der Waals surface area contributed by atoms with Gasteiger partial charge in [-0.3, -0.25) is 0 Å². The second-order valence-electron chi connectivity index (χ2n) is 3.71. The Bertz CT molecular complexity index is 276. The molecule has 13 heavy (non-hydrogen) atoms. The third-order valence-electron chi connectivity index (χ3n) is 2.24. The highest BCUT2D eigenvalue weighted by atomic mass is 32.2. The lowest BCUT2D eigenvalue weighted by molar-refractivity contribution is 0.497. The summed E-state index contributed by atoms with van der Waals surface area (Å²) in [6, 6.07) is 0. The Hall–Kier alpha value is -0.350. The second kappa shape index (κ2) is 4.24. The average molecular weight is 203 g/mol. The van der Waals surface area contributed by atoms with Crippen LogP contribution in [0.4, 0.5) is 0 Å². The molecular weight excluding hydrogens is 186 g/mol. The van der Waals surface area contributed by atoms with Gasteiger partial charge >= 0.3 is 0 Å². The van der Waals surface area contributed by atoms with Crippen molar-refractivity contribution >= 4 is 9.84 Å². The monoisotopic (exact) mass is 203 g/mol. The predicted octanol–water partition coefficient (Wildman–Crippen LogP) is 0.729. The van der Waals surface area contributed by atoms with E-state index in [9.17, 15) is 8.42 Å². The van der Waals surface area contributed by atoms with Gasteiger partial charge in [0.25, 0.3) is 0 Å². The van der Waals surface area contributed by atoms with E-state index in [0.717, 1.165) is 31.5 Å². The fraction of sp³-hybridized carbons (Fsp3) is 0.778. The first kappa shape index (κ1) is 10.7. The van der Waals surface area contributed by atoms with Gasteiger partial charge in [0, 0.05) is 0 Å². The van der Waals surface area contributed by atoms with Gasteiger partial charge in [-0.1, -0.05) is 12.2 Å². The minimum Gasteiger partial charge on any atom is -0.317 e. The lowest BCUT2D eigenvalue weighted by Gasteiger charge is -2.22. The van der Waals surface area contributed by atoms with Crippen LogP contribution in [-0.4, -0.2) is 32.5 Å². The maximum absolute atomic E-state index is 11.7. The molecule has 0 aromatic rings. The summed E-state index contributed by atoms with van der Waals surface area (Å²) in [6.07, 6.45) is 1.49. The number of sulfone groups is 1. The Morgan fingerprint density at radius 2 is 2.00 bits per heavy atom. The topological polar surface area (TPSA) is 46.2 Å². The van der Waals surface area contributed by atoms with Gasteiger partial charge in [0.2, 0.25) is 0 Å². The quantitative estimate of drug-likeness (QED) is 0.688. The molecule has 0 atom stereocenters. The van der Waals surface area contributed by atoms with Gasteiger partial charge in [-0.25, -0.2) is 8.42 Å². The van der Waals surface area contributed by atoms with Crippen molar-refractivity contribution in [1.29, 1.82) is 0 Å². The van der Waals surface area contributed by atoms with Gasteiger partial charge in [-0.15, -0.1) is 0 Å². The lowest BCUT2D eigenvalue weighted by atomic mass is 10.2. The first-order valence-corrected chi connectivity index (χ1v) is 6.30. The van der Waals surface area contributed by atoms with Crippen molar-refractivity contribution < 1.29 is 8.42 Å². The van der Waals surface area contributed by atoms with Gasteiger partial charge in [0.15, 0.2) is 9.84 Å². The molecule has 0 unspecified atom stereocenters. The lowest BCUT2D eigenvalue weighted by Crippen LogP contribution is -2.36. The van der Waals surface area contributed by atoms with Gasteiger partial charge in [0.1, 0.15) is 0 Å². The molecule has 4 heteroatoms. The fourth-order valence-electron chi connectivity index (χ4n) is 1.62. The van der Waals surface area contributed by atoms with Crippen molar-refractivity contribution in [3.05, 3.63) is 12.2 Å². The maximum Gasteiger partial charge on any atom is 0.157 e. The molecule has 0 radical (unpaired) electrons. The average Bonchev–Trinajstić information content (AvgIpc) is 2.04. The summed E-state index contributed by atoms with van der Waals surface area (Å²) in [5.74, 6) is 0.150. The highest BCUT2D eigenvalue weighted by Crippen LogP contribution is 2.15. The van der Waals surface area contributed by atoms with Crippen LogP contribution in [0.25, 0.3) is 0 Å². The zero-order valence-electron chi connectivity index (χ0n) is 8.04. The van der Waals surface area contributed by atoms with E-state index in [1.165, 1.54) is 0 Å². The minimum absolute atomic E-state index is 0.148. The Morgan fingerprint density at radius 1 is 1.46 bits per heavy atom. The normalized spacial score (nSPS) is 20.1. The molecule has 0 aromatic heterocycles. The Labute approximate surface area is 80.1 Å². The molecule has 1 aliphatic rings. The van der Waals surface area contributed by atoms with Crippen molar-refractivity contribution in [3.8, 4) is 0 Å². The summed E-state index contributed by atoms with van der Waals surface area (Å²) in [6.45, 7) is 7.04. The molecule has 1 rings (SSSR count). The molecule has 0 amide bonds. The van der Waals surface area contributed by atoms with E-state index in [2.05, 4.69) is 11.9 Å². The summed E-state index contributed by atoms with van der Waals surface area (Å²) in [5.41, 5.74) is 0.735. The second-order valence-corrected chi connectivity index (χ2v) is 5.99. The zero-order valence-corrected chi connectivity index (χ0v) is 8.86. The van der Waals surface area contributed by atoms with Crippen LogP contribution in [0.15, 0.2) is 12.2 Å². The third-order valence-corrected chi connectivity index (χ3v) is 4.62. The molecule has 3 nitrogen and oxygen atoms in total. The van der Waals surface area contributed by atoms with Crippen LogP contribution in [0.2, 0.25) is 0 Å². The minimum atomic E-state index is -2.92. The standard InChI is InChI=1S/C9H17NO2S/c1-8(2)7-13(11,12)9-3-5-10-6-4-9/h9-10H,1,3-7H2,2H3. The molecule has 1 heterocycles. The van der Waals surface area contributed by atoms with Crippen LogP contribution in [0.1, 0.15) is 19.8 Å². The fourth-order valence-corrected chi connectivity index (χ4v) is 3.49. The third kappa shape index (κ3) is 3.12. The SMILES string of the molecule is C=C(C)CS(=O)(=O)C1CCNCC1. The van der Waals surface area contributed by atoms with Crippen LogP contribution >= 0.6 is 0 Å². The molecule has 0 aliphatic carbocycles. The molecule has 0 bridgehead atoms. The van der Waals surface area contributed by atoms with Crippen molar-refractivity contribution in [1.82, 2.24) is 5.32 Å². The molecule has 1 saturated heterocycles. The van der Waals surface area contributed by atoms with E-state index in [4.69, 9.17) is 0 Å². The van der Waals surface area contributed by atoms with E-state index in [1.54, 1.807) is 6.92 Å². The number of nitrogens with one attached hydrogen (secondary N) is 1. The van der Waals surface area contributed by atoms with Crippen molar-refractivity contribution in [2.45, 2.75) is 25.0 Å². The van der Waals surface area contributed by atoms with E-state index in [-0.39, 0.29) is 11.0 Å². The molecule has 1 aliphatic heterocycles. The summed E-state index contributed by atoms with van der Waals surface area (Å²) in [4.78, 5) is 0. The van der Waals surface area contributed by atoms with Crippen LogP contribution in [-0.2, 0) is 9.84 Å². The molecule has 76 valence electrons. The van der Waals surface area contributed by atoms with Crippen molar-refractivity contribution in [2.75, 3.05) is 18.8 Å². The van der Waals surface area contributed by atoms with Crippen LogP contribution in [0.5, 0.6) is 0 Å². The number of rotatable bonds is 3. The van der Waals surface area contributed by atoms with Crippen LogP contribution in [0.3, 0.4) is 0 Å². The molecule has 0 spiro atoms. The summed E-state index contributed by atoms with van der Waals surface area (Å²) in [5, 5.41) is 3.01. The Kier molecular flexibility index (Phi) is 3.50. The molecular formula is C9H17NO2S. The predicted molar refractivity (Wildman–Crippen MR) is 54.5 cm³/mol. The number of hydrogen-bond donors (Lipinski definition) is 1. The van der Waals surface area contributed by atoms with E-state index >= 15 is 0 Å². The van der Waals surface area contributed by atoms with E-state index < -0.39 is 9.84 Å². The Morgan fingerprint density at radius 3 is 2.46 bits per heavy atom.